The summed E-state index contributed by atoms with van der Waals surface area (Å²) in [5.74, 6) is 0.182. The molecule has 0 radical (unpaired) electrons. The number of hydrogen-bond donors (Lipinski definition) is 1. The van der Waals surface area contributed by atoms with Gasteiger partial charge in [0.25, 0.3) is 0 Å². The van der Waals surface area contributed by atoms with Crippen LogP contribution in [0.1, 0.15) is 58.3 Å². The first-order valence-corrected chi connectivity index (χ1v) is 7.74. The lowest BCUT2D eigenvalue weighted by Crippen LogP contribution is -2.53. The van der Waals surface area contributed by atoms with E-state index in [-0.39, 0.29) is 23.3 Å². The molecular formula is C15H24N2O2. The third-order valence-electron chi connectivity index (χ3n) is 5.33. The molecule has 106 valence electrons. The van der Waals surface area contributed by atoms with Crippen molar-refractivity contribution in [3.63, 3.8) is 0 Å². The maximum Gasteiger partial charge on any atom is 0.236 e. The minimum Gasteiger partial charge on any atom is -0.312 e. The largest absolute Gasteiger partial charge is 0.312 e. The van der Waals surface area contributed by atoms with Crippen molar-refractivity contribution >= 4 is 11.8 Å². The molecule has 2 amide bonds. The summed E-state index contributed by atoms with van der Waals surface area (Å²) in [6, 6.07) is 0.304. The average molecular weight is 264 g/mol. The Morgan fingerprint density at radius 3 is 2.58 bits per heavy atom. The highest BCUT2D eigenvalue weighted by Gasteiger charge is 2.54. The fourth-order valence-corrected chi connectivity index (χ4v) is 4.14. The number of likely N-dealkylation sites (tertiary alicyclic amines) is 1. The van der Waals surface area contributed by atoms with Crippen LogP contribution < -0.4 is 5.32 Å². The number of piperidine rings is 1. The zero-order valence-electron chi connectivity index (χ0n) is 11.8. The summed E-state index contributed by atoms with van der Waals surface area (Å²) in [5.41, 5.74) is -0.319. The van der Waals surface area contributed by atoms with Crippen LogP contribution >= 0.6 is 0 Å². The molecule has 2 atom stereocenters. The average Bonchev–Trinajstić information content (AvgIpc) is 2.97. The van der Waals surface area contributed by atoms with Crippen molar-refractivity contribution < 1.29 is 9.59 Å². The van der Waals surface area contributed by atoms with E-state index in [4.69, 9.17) is 0 Å². The molecule has 2 heterocycles. The number of carbonyl (C=O) groups is 2. The van der Waals surface area contributed by atoms with Crippen LogP contribution in [0.4, 0.5) is 0 Å². The highest BCUT2D eigenvalue weighted by molar-refractivity contribution is 6.06. The summed E-state index contributed by atoms with van der Waals surface area (Å²) >= 11 is 0. The number of amides is 2. The van der Waals surface area contributed by atoms with E-state index < -0.39 is 0 Å². The van der Waals surface area contributed by atoms with Gasteiger partial charge in [-0.15, -0.1) is 0 Å². The van der Waals surface area contributed by atoms with E-state index in [9.17, 15) is 9.59 Å². The molecule has 4 heteroatoms. The second-order valence-corrected chi connectivity index (χ2v) is 6.53. The maximum absolute atomic E-state index is 12.7. The quantitative estimate of drug-likeness (QED) is 0.774. The maximum atomic E-state index is 12.7. The minimum absolute atomic E-state index is 0.0141. The van der Waals surface area contributed by atoms with Gasteiger partial charge in [0.15, 0.2) is 0 Å². The van der Waals surface area contributed by atoms with Crippen molar-refractivity contribution in [2.45, 2.75) is 70.4 Å². The summed E-state index contributed by atoms with van der Waals surface area (Å²) < 4.78 is 0. The first-order valence-electron chi connectivity index (χ1n) is 7.74. The molecular weight excluding hydrogens is 240 g/mol. The lowest BCUT2D eigenvalue weighted by atomic mass is 9.84. The Bertz CT molecular complexity index is 382. The summed E-state index contributed by atoms with van der Waals surface area (Å²) in [4.78, 5) is 26.6. The van der Waals surface area contributed by atoms with Crippen molar-refractivity contribution in [1.29, 1.82) is 0 Å². The molecule has 2 saturated heterocycles. The van der Waals surface area contributed by atoms with Gasteiger partial charge in [0.05, 0.1) is 11.5 Å². The highest BCUT2D eigenvalue weighted by Crippen LogP contribution is 2.47. The Balaban J connectivity index is 1.76. The van der Waals surface area contributed by atoms with E-state index in [0.717, 1.165) is 38.6 Å². The van der Waals surface area contributed by atoms with E-state index in [1.165, 1.54) is 12.8 Å². The molecule has 3 rings (SSSR count). The van der Waals surface area contributed by atoms with Gasteiger partial charge in [-0.05, 0) is 39.2 Å². The van der Waals surface area contributed by atoms with E-state index in [1.807, 2.05) is 6.92 Å². The van der Waals surface area contributed by atoms with Crippen LogP contribution in [0.2, 0.25) is 0 Å². The van der Waals surface area contributed by atoms with Gasteiger partial charge < -0.3 is 5.32 Å². The molecule has 1 saturated carbocycles. The summed E-state index contributed by atoms with van der Waals surface area (Å²) in [6.07, 6.45) is 7.97. The van der Waals surface area contributed by atoms with Gasteiger partial charge in [-0.1, -0.05) is 19.3 Å². The predicted molar refractivity (Wildman–Crippen MR) is 72.5 cm³/mol. The molecule has 0 aromatic rings. The molecule has 1 N–H and O–H groups in total. The molecule has 2 aliphatic heterocycles. The molecule has 1 aliphatic carbocycles. The summed E-state index contributed by atoms with van der Waals surface area (Å²) in [7, 11) is 0. The Labute approximate surface area is 114 Å². The molecule has 0 aromatic carbocycles. The number of nitrogens with zero attached hydrogens (tertiary/aromatic N) is 1. The van der Waals surface area contributed by atoms with Crippen molar-refractivity contribution in [2.75, 3.05) is 6.54 Å². The van der Waals surface area contributed by atoms with E-state index in [2.05, 4.69) is 5.32 Å². The van der Waals surface area contributed by atoms with Gasteiger partial charge >= 0.3 is 0 Å². The lowest BCUT2D eigenvalue weighted by Gasteiger charge is -2.34. The number of rotatable bonds is 2. The van der Waals surface area contributed by atoms with Gasteiger partial charge in [-0.25, -0.2) is 0 Å². The third-order valence-corrected chi connectivity index (χ3v) is 5.33. The van der Waals surface area contributed by atoms with Crippen LogP contribution in [-0.4, -0.2) is 35.3 Å². The Morgan fingerprint density at radius 1 is 1.21 bits per heavy atom. The Hall–Kier alpha value is -0.900. The number of imide groups is 1. The van der Waals surface area contributed by atoms with Crippen LogP contribution in [0.25, 0.3) is 0 Å². The van der Waals surface area contributed by atoms with Gasteiger partial charge in [0, 0.05) is 12.5 Å². The molecule has 19 heavy (non-hydrogen) atoms. The number of hydrogen-bond acceptors (Lipinski definition) is 3. The van der Waals surface area contributed by atoms with Crippen molar-refractivity contribution in [3.05, 3.63) is 0 Å². The standard InChI is InChI=1S/C15H24N2O2/c1-11(12-6-2-5-9-16-12)17-13(18)10-15(14(17)19)7-3-4-8-15/h11-12,16H,2-10H2,1H3. The Kier molecular flexibility index (Phi) is 3.37. The van der Waals surface area contributed by atoms with Gasteiger partial charge in [0.1, 0.15) is 0 Å². The zero-order chi connectivity index (χ0) is 13.5. The fourth-order valence-electron chi connectivity index (χ4n) is 4.14. The first-order chi connectivity index (χ1) is 9.14. The zero-order valence-corrected chi connectivity index (χ0v) is 11.8. The number of nitrogens with one attached hydrogen (secondary N) is 1. The van der Waals surface area contributed by atoms with E-state index >= 15 is 0 Å². The summed E-state index contributed by atoms with van der Waals surface area (Å²) in [6.45, 7) is 3.04. The van der Waals surface area contributed by atoms with Crippen LogP contribution in [-0.2, 0) is 9.59 Å². The lowest BCUT2D eigenvalue weighted by molar-refractivity contribution is -0.144. The SMILES string of the molecule is CC(C1CCCCN1)N1C(=O)CC2(CCCC2)C1=O. The third kappa shape index (κ3) is 2.10. The molecule has 2 unspecified atom stereocenters. The molecule has 0 bridgehead atoms. The van der Waals surface area contributed by atoms with Crippen LogP contribution in [0.3, 0.4) is 0 Å². The molecule has 3 aliphatic rings. The van der Waals surface area contributed by atoms with E-state index in [1.54, 1.807) is 4.90 Å². The topological polar surface area (TPSA) is 49.4 Å². The Morgan fingerprint density at radius 2 is 1.95 bits per heavy atom. The smallest absolute Gasteiger partial charge is 0.236 e. The van der Waals surface area contributed by atoms with Gasteiger partial charge in [-0.3, -0.25) is 14.5 Å². The van der Waals surface area contributed by atoms with Crippen molar-refractivity contribution in [2.24, 2.45) is 5.41 Å². The molecule has 1 spiro atoms. The second-order valence-electron chi connectivity index (χ2n) is 6.53. The van der Waals surface area contributed by atoms with Gasteiger partial charge in [-0.2, -0.15) is 0 Å². The van der Waals surface area contributed by atoms with Gasteiger partial charge in [0.2, 0.25) is 11.8 Å². The summed E-state index contributed by atoms with van der Waals surface area (Å²) in [5, 5.41) is 3.47. The fraction of sp³-hybridized carbons (Fsp3) is 0.867. The molecule has 0 aromatic heterocycles. The second kappa shape index (κ2) is 4.89. The van der Waals surface area contributed by atoms with Crippen LogP contribution in [0.15, 0.2) is 0 Å². The normalized spacial score (nSPS) is 32.3. The first kappa shape index (κ1) is 13.1. The van der Waals surface area contributed by atoms with Crippen LogP contribution in [0, 0.1) is 5.41 Å². The minimum atomic E-state index is -0.319. The highest BCUT2D eigenvalue weighted by atomic mass is 16.2. The van der Waals surface area contributed by atoms with E-state index in [0.29, 0.717) is 12.5 Å². The van der Waals surface area contributed by atoms with Crippen LogP contribution in [0.5, 0.6) is 0 Å². The van der Waals surface area contributed by atoms with Crippen molar-refractivity contribution in [3.8, 4) is 0 Å². The predicted octanol–water partition coefficient (Wildman–Crippen LogP) is 1.84. The molecule has 4 nitrogen and oxygen atoms in total. The number of carbonyl (C=O) groups excluding carboxylic acids is 2. The van der Waals surface area contributed by atoms with Crippen molar-refractivity contribution in [1.82, 2.24) is 10.2 Å². The monoisotopic (exact) mass is 264 g/mol. The molecule has 3 fully saturated rings.